The molecule has 11 heteroatoms. The molecule has 0 spiro atoms. The minimum Gasteiger partial charge on any atom is -0.495 e. The smallest absolute Gasteiger partial charge is 0.247 e. The van der Waals surface area contributed by atoms with Crippen molar-refractivity contribution in [2.24, 2.45) is 4.99 Å². The Morgan fingerprint density at radius 1 is 1.27 bits per heavy atom. The van der Waals surface area contributed by atoms with Crippen molar-refractivity contribution in [3.05, 3.63) is 58.8 Å². The maximum atomic E-state index is 13.4. The van der Waals surface area contributed by atoms with E-state index in [1.165, 1.54) is 0 Å². The Labute approximate surface area is 244 Å². The number of aryl methyl sites for hydroxylation is 2. The van der Waals surface area contributed by atoms with Gasteiger partial charge in [-0.05, 0) is 81.0 Å². The Kier molecular flexibility index (Phi) is 10.1. The van der Waals surface area contributed by atoms with Crippen molar-refractivity contribution in [1.82, 2.24) is 15.1 Å². The van der Waals surface area contributed by atoms with Gasteiger partial charge in [0.2, 0.25) is 17.8 Å². The lowest BCUT2D eigenvalue weighted by Crippen LogP contribution is -2.45. The fourth-order valence-corrected chi connectivity index (χ4v) is 5.13. The number of hydrogen-bond donors (Lipinski definition) is 2. The van der Waals surface area contributed by atoms with Crippen molar-refractivity contribution in [1.29, 1.82) is 5.26 Å². The second kappa shape index (κ2) is 13.9. The summed E-state index contributed by atoms with van der Waals surface area (Å²) in [6.07, 6.45) is 5.49. The standard InChI is InChI=1S/C30H35ClN6O4/c1-20-15-22-17-23(10-12-26(22)41-20)34-30(33-19-32)35-25-8-4-5-14-37(29(25)39)18-28(38)36(2)13-6-7-21-9-11-27(40-3)24(31)16-21/h9-12,15-17,25H,4-8,13-14,18H2,1-3H3,(H2,33,34,35). The highest BCUT2D eigenvalue weighted by atomic mass is 35.5. The first-order valence-electron chi connectivity index (χ1n) is 13.6. The number of anilines is 1. The maximum Gasteiger partial charge on any atom is 0.247 e. The van der Waals surface area contributed by atoms with Gasteiger partial charge >= 0.3 is 0 Å². The number of aliphatic imine (C=N–C) groups is 1. The molecular weight excluding hydrogens is 544 g/mol. The van der Waals surface area contributed by atoms with Crippen LogP contribution in [-0.2, 0) is 16.0 Å². The average Bonchev–Trinajstić information content (AvgIpc) is 3.24. The van der Waals surface area contributed by atoms with E-state index in [1.807, 2.05) is 55.6 Å². The van der Waals surface area contributed by atoms with Crippen molar-refractivity contribution >= 4 is 46.0 Å². The molecule has 0 saturated carbocycles. The van der Waals surface area contributed by atoms with E-state index in [-0.39, 0.29) is 24.3 Å². The van der Waals surface area contributed by atoms with E-state index in [9.17, 15) is 14.9 Å². The number of halogens is 1. The molecule has 2 heterocycles. The van der Waals surface area contributed by atoms with Gasteiger partial charge in [-0.1, -0.05) is 17.7 Å². The van der Waals surface area contributed by atoms with Gasteiger partial charge in [0.05, 0.1) is 18.7 Å². The normalized spacial score (nSPS) is 15.8. The van der Waals surface area contributed by atoms with Crippen LogP contribution in [0.25, 0.3) is 11.0 Å². The van der Waals surface area contributed by atoms with E-state index in [4.69, 9.17) is 20.8 Å². The number of amides is 2. The lowest BCUT2D eigenvalue weighted by molar-refractivity contribution is -0.140. The summed E-state index contributed by atoms with van der Waals surface area (Å²) in [5.41, 5.74) is 2.52. The second-order valence-electron chi connectivity index (χ2n) is 10.1. The number of nitrogens with one attached hydrogen (secondary N) is 2. The molecule has 2 N–H and O–H groups in total. The van der Waals surface area contributed by atoms with Crippen LogP contribution in [0, 0.1) is 18.4 Å². The molecule has 1 aromatic heterocycles. The molecule has 2 aromatic carbocycles. The van der Waals surface area contributed by atoms with Crippen LogP contribution in [0.4, 0.5) is 5.69 Å². The summed E-state index contributed by atoms with van der Waals surface area (Å²) < 4.78 is 10.8. The molecule has 1 fully saturated rings. The van der Waals surface area contributed by atoms with Gasteiger partial charge < -0.3 is 24.3 Å². The summed E-state index contributed by atoms with van der Waals surface area (Å²) in [4.78, 5) is 34.2. The zero-order valence-corrected chi connectivity index (χ0v) is 24.3. The summed E-state index contributed by atoms with van der Waals surface area (Å²) in [7, 11) is 3.33. The number of nitrogens with zero attached hydrogens (tertiary/aromatic N) is 4. The van der Waals surface area contributed by atoms with Gasteiger partial charge in [0.1, 0.15) is 23.1 Å². The predicted octanol–water partition coefficient (Wildman–Crippen LogP) is 4.71. The van der Waals surface area contributed by atoms with Gasteiger partial charge in [0.15, 0.2) is 6.19 Å². The van der Waals surface area contributed by atoms with Crippen LogP contribution in [-0.4, -0.2) is 67.4 Å². The number of nitriles is 1. The van der Waals surface area contributed by atoms with Crippen LogP contribution in [0.5, 0.6) is 5.75 Å². The number of ether oxygens (including phenoxy) is 1. The monoisotopic (exact) mass is 578 g/mol. The van der Waals surface area contributed by atoms with Gasteiger partial charge in [-0.15, -0.1) is 0 Å². The number of likely N-dealkylation sites (tertiary alicyclic amines) is 1. The second-order valence-corrected chi connectivity index (χ2v) is 10.5. The molecule has 3 aromatic rings. The lowest BCUT2D eigenvalue weighted by Gasteiger charge is -2.25. The fourth-order valence-electron chi connectivity index (χ4n) is 4.85. The largest absolute Gasteiger partial charge is 0.495 e. The summed E-state index contributed by atoms with van der Waals surface area (Å²) >= 11 is 6.22. The topological polar surface area (TPSA) is 123 Å². The first-order valence-corrected chi connectivity index (χ1v) is 14.0. The average molecular weight is 579 g/mol. The van der Waals surface area contributed by atoms with Gasteiger partial charge in [-0.3, -0.25) is 14.9 Å². The number of carbonyl (C=O) groups excluding carboxylic acids is 2. The number of carbonyl (C=O) groups is 2. The summed E-state index contributed by atoms with van der Waals surface area (Å²) in [6.45, 7) is 2.90. The number of guanidine groups is 1. The molecule has 216 valence electrons. The number of fused-ring (bicyclic) bond motifs is 1. The van der Waals surface area contributed by atoms with Crippen molar-refractivity contribution in [3.8, 4) is 11.9 Å². The van der Waals surface area contributed by atoms with Crippen LogP contribution < -0.4 is 15.4 Å². The number of likely N-dealkylation sites (N-methyl/N-ethyl adjacent to an activating group) is 1. The van der Waals surface area contributed by atoms with E-state index in [1.54, 1.807) is 24.0 Å². The highest BCUT2D eigenvalue weighted by Crippen LogP contribution is 2.26. The Morgan fingerprint density at radius 2 is 2.10 bits per heavy atom. The van der Waals surface area contributed by atoms with Gasteiger partial charge in [-0.25, -0.2) is 4.99 Å². The molecule has 0 radical (unpaired) electrons. The first-order chi connectivity index (χ1) is 19.8. The first kappa shape index (κ1) is 29.7. The highest BCUT2D eigenvalue weighted by molar-refractivity contribution is 6.32. The Hall–Kier alpha value is -4.23. The predicted molar refractivity (Wildman–Crippen MR) is 159 cm³/mol. The van der Waals surface area contributed by atoms with Crippen LogP contribution in [0.3, 0.4) is 0 Å². The summed E-state index contributed by atoms with van der Waals surface area (Å²) in [5, 5.41) is 16.4. The fraction of sp³-hybridized carbons (Fsp3) is 0.400. The van der Waals surface area contributed by atoms with Crippen molar-refractivity contribution in [2.45, 2.75) is 45.1 Å². The third-order valence-electron chi connectivity index (χ3n) is 7.04. The van der Waals surface area contributed by atoms with Crippen molar-refractivity contribution in [3.63, 3.8) is 0 Å². The quantitative estimate of drug-likeness (QED) is 0.163. The van der Waals surface area contributed by atoms with E-state index >= 15 is 0 Å². The third-order valence-corrected chi connectivity index (χ3v) is 7.34. The minimum atomic E-state index is -0.710. The molecule has 0 bridgehead atoms. The number of benzene rings is 2. The van der Waals surface area contributed by atoms with Crippen molar-refractivity contribution < 1.29 is 18.7 Å². The number of hydrogen-bond acceptors (Lipinski definition) is 6. The molecule has 1 aliphatic heterocycles. The highest BCUT2D eigenvalue weighted by Gasteiger charge is 2.29. The Balaban J connectivity index is 1.36. The molecule has 41 heavy (non-hydrogen) atoms. The zero-order chi connectivity index (χ0) is 29.4. The molecule has 1 atom stereocenters. The molecule has 1 saturated heterocycles. The molecule has 2 amide bonds. The van der Waals surface area contributed by atoms with Crippen LogP contribution in [0.2, 0.25) is 5.02 Å². The number of furan rings is 1. The van der Waals surface area contributed by atoms with E-state index < -0.39 is 6.04 Å². The zero-order valence-electron chi connectivity index (χ0n) is 23.6. The number of methoxy groups -OCH3 is 1. The lowest BCUT2D eigenvalue weighted by atomic mass is 10.1. The van der Waals surface area contributed by atoms with Crippen LogP contribution >= 0.6 is 11.6 Å². The third kappa shape index (κ3) is 7.92. The minimum absolute atomic E-state index is 0.0132. The van der Waals surface area contributed by atoms with E-state index in [0.717, 1.165) is 48.0 Å². The molecule has 4 rings (SSSR count). The van der Waals surface area contributed by atoms with Crippen LogP contribution in [0.1, 0.15) is 37.0 Å². The van der Waals surface area contributed by atoms with Crippen LogP contribution in [0.15, 0.2) is 51.9 Å². The van der Waals surface area contributed by atoms with E-state index in [0.29, 0.717) is 36.0 Å². The molecule has 1 aliphatic rings. The van der Waals surface area contributed by atoms with E-state index in [2.05, 4.69) is 15.6 Å². The molecule has 10 nitrogen and oxygen atoms in total. The van der Waals surface area contributed by atoms with Gasteiger partial charge in [0, 0.05) is 31.2 Å². The SMILES string of the molecule is COc1ccc(CCCN(C)C(=O)CN2CCCCC(N=C(NC#N)Nc3ccc4oc(C)cc4c3)C2=O)cc1Cl. The van der Waals surface area contributed by atoms with Crippen molar-refractivity contribution in [2.75, 3.05) is 39.1 Å². The molecular formula is C30H35ClN6O4. The Morgan fingerprint density at radius 3 is 2.85 bits per heavy atom. The summed E-state index contributed by atoms with van der Waals surface area (Å²) in [5.74, 6) is 1.25. The number of rotatable bonds is 9. The Bertz CT molecular complexity index is 1460. The molecule has 1 unspecified atom stereocenters. The van der Waals surface area contributed by atoms with Gasteiger partial charge in [-0.2, -0.15) is 5.26 Å². The maximum absolute atomic E-state index is 13.4. The van der Waals surface area contributed by atoms with Gasteiger partial charge in [0.25, 0.3) is 0 Å². The molecule has 0 aliphatic carbocycles. The summed E-state index contributed by atoms with van der Waals surface area (Å²) in [6, 6.07) is 12.4.